The predicted octanol–water partition coefficient (Wildman–Crippen LogP) is 2.76. The van der Waals surface area contributed by atoms with Gasteiger partial charge in [0.2, 0.25) is 0 Å². The number of nitrogens with zero attached hydrogens (tertiary/aromatic N) is 2. The number of carbonyl (C=O) groups excluding carboxylic acids is 1. The van der Waals surface area contributed by atoms with E-state index in [0.717, 1.165) is 17.9 Å². The highest BCUT2D eigenvalue weighted by Gasteiger charge is 2.08. The average Bonchev–Trinajstić information content (AvgIpc) is 2.55. The average molecular weight is 300 g/mol. The molecule has 0 spiro atoms. The third-order valence-electron chi connectivity index (χ3n) is 2.87. The van der Waals surface area contributed by atoms with Crippen LogP contribution in [0.25, 0.3) is 0 Å². The highest BCUT2D eigenvalue weighted by Crippen LogP contribution is 2.26. The number of benzene rings is 1. The van der Waals surface area contributed by atoms with Gasteiger partial charge < -0.3 is 15.4 Å². The van der Waals surface area contributed by atoms with Crippen molar-refractivity contribution in [1.82, 2.24) is 15.3 Å². The minimum absolute atomic E-state index is 0.212. The van der Waals surface area contributed by atoms with E-state index in [4.69, 9.17) is 4.74 Å². The molecule has 1 heterocycles. The van der Waals surface area contributed by atoms with Crippen LogP contribution >= 0.6 is 0 Å². The fourth-order valence-corrected chi connectivity index (χ4v) is 1.83. The van der Waals surface area contributed by atoms with Crippen LogP contribution in [0.2, 0.25) is 0 Å². The number of amides is 1. The summed E-state index contributed by atoms with van der Waals surface area (Å²) in [5.74, 6) is 1.09. The van der Waals surface area contributed by atoms with Crippen molar-refractivity contribution >= 4 is 17.4 Å². The molecule has 6 heteroatoms. The van der Waals surface area contributed by atoms with Crippen LogP contribution in [-0.2, 0) is 0 Å². The lowest BCUT2D eigenvalue weighted by atomic mass is 10.3. The molecule has 6 nitrogen and oxygen atoms in total. The Bertz CT molecular complexity index is 614. The molecule has 0 atom stereocenters. The summed E-state index contributed by atoms with van der Waals surface area (Å²) in [6.07, 6.45) is 3.87. The number of ether oxygens (including phenoxy) is 1. The fraction of sp³-hybridized carbons (Fsp3) is 0.312. The number of rotatable bonds is 7. The molecule has 0 aliphatic rings. The largest absolute Gasteiger partial charge is 0.492 e. The van der Waals surface area contributed by atoms with Gasteiger partial charge in [0, 0.05) is 6.54 Å². The van der Waals surface area contributed by atoms with Crippen molar-refractivity contribution in [2.45, 2.75) is 20.3 Å². The molecule has 0 saturated heterocycles. The van der Waals surface area contributed by atoms with Gasteiger partial charge in [-0.25, -0.2) is 9.97 Å². The zero-order chi connectivity index (χ0) is 15.8. The number of carbonyl (C=O) groups is 1. The zero-order valence-electron chi connectivity index (χ0n) is 12.8. The van der Waals surface area contributed by atoms with Crippen LogP contribution in [-0.4, -0.2) is 29.0 Å². The predicted molar refractivity (Wildman–Crippen MR) is 85.5 cm³/mol. The number of hydrogen-bond acceptors (Lipinski definition) is 5. The van der Waals surface area contributed by atoms with E-state index in [0.29, 0.717) is 24.7 Å². The molecule has 0 radical (unpaired) electrons. The molecule has 1 aromatic carbocycles. The molecule has 0 bridgehead atoms. The van der Waals surface area contributed by atoms with Crippen molar-refractivity contribution in [2.75, 3.05) is 18.5 Å². The molecular weight excluding hydrogens is 280 g/mol. The molecule has 0 aliphatic heterocycles. The molecule has 1 aromatic heterocycles. The third-order valence-corrected chi connectivity index (χ3v) is 2.87. The van der Waals surface area contributed by atoms with Crippen LogP contribution < -0.4 is 15.4 Å². The normalized spacial score (nSPS) is 10.1. The Hall–Kier alpha value is -2.63. The first-order chi connectivity index (χ1) is 10.7. The van der Waals surface area contributed by atoms with Crippen LogP contribution in [0.5, 0.6) is 5.75 Å². The fourth-order valence-electron chi connectivity index (χ4n) is 1.83. The lowest BCUT2D eigenvalue weighted by Gasteiger charge is -2.11. The number of para-hydroxylation sites is 2. The summed E-state index contributed by atoms with van der Waals surface area (Å²) in [5.41, 5.74) is 1.11. The van der Waals surface area contributed by atoms with Crippen molar-refractivity contribution < 1.29 is 9.53 Å². The quantitative estimate of drug-likeness (QED) is 0.822. The minimum atomic E-state index is -0.212. The first kappa shape index (κ1) is 15.8. The second-order valence-corrected chi connectivity index (χ2v) is 4.60. The van der Waals surface area contributed by atoms with Crippen LogP contribution in [0.3, 0.4) is 0 Å². The van der Waals surface area contributed by atoms with E-state index in [1.807, 2.05) is 38.1 Å². The minimum Gasteiger partial charge on any atom is -0.492 e. The number of anilines is 2. The topological polar surface area (TPSA) is 76.1 Å². The highest BCUT2D eigenvalue weighted by atomic mass is 16.5. The maximum atomic E-state index is 11.8. The van der Waals surface area contributed by atoms with E-state index < -0.39 is 0 Å². The van der Waals surface area contributed by atoms with E-state index in [1.54, 1.807) is 0 Å². The SMILES string of the molecule is CCCNC(=O)c1cnc(Nc2ccccc2OCC)cn1. The molecule has 0 fully saturated rings. The smallest absolute Gasteiger partial charge is 0.271 e. The maximum absolute atomic E-state index is 11.8. The summed E-state index contributed by atoms with van der Waals surface area (Å²) in [7, 11) is 0. The molecular formula is C16H20N4O2. The molecule has 0 aliphatic carbocycles. The first-order valence-corrected chi connectivity index (χ1v) is 7.33. The Morgan fingerprint density at radius 1 is 1.18 bits per heavy atom. The van der Waals surface area contributed by atoms with Crippen molar-refractivity contribution in [2.24, 2.45) is 0 Å². The molecule has 1 amide bonds. The van der Waals surface area contributed by atoms with Gasteiger partial charge in [0.15, 0.2) is 0 Å². The monoisotopic (exact) mass is 300 g/mol. The number of nitrogens with one attached hydrogen (secondary N) is 2. The molecule has 2 aromatic rings. The Balaban J connectivity index is 2.07. The van der Waals surface area contributed by atoms with Gasteiger partial charge in [-0.2, -0.15) is 0 Å². The van der Waals surface area contributed by atoms with Gasteiger partial charge in [-0.3, -0.25) is 4.79 Å². The van der Waals surface area contributed by atoms with Gasteiger partial charge >= 0.3 is 0 Å². The van der Waals surface area contributed by atoms with Crippen molar-refractivity contribution in [1.29, 1.82) is 0 Å². The van der Waals surface area contributed by atoms with Gasteiger partial charge in [-0.05, 0) is 25.5 Å². The van der Waals surface area contributed by atoms with Crippen molar-refractivity contribution in [3.8, 4) is 5.75 Å². The Morgan fingerprint density at radius 2 is 2.00 bits per heavy atom. The van der Waals surface area contributed by atoms with E-state index in [1.165, 1.54) is 12.4 Å². The number of aromatic nitrogens is 2. The van der Waals surface area contributed by atoms with Crippen LogP contribution in [0, 0.1) is 0 Å². The second kappa shape index (κ2) is 7.97. The zero-order valence-corrected chi connectivity index (χ0v) is 12.8. The van der Waals surface area contributed by atoms with E-state index in [-0.39, 0.29) is 5.91 Å². The number of hydrogen-bond donors (Lipinski definition) is 2. The van der Waals surface area contributed by atoms with Crippen molar-refractivity contribution in [3.05, 3.63) is 42.4 Å². The molecule has 0 saturated carbocycles. The Labute approximate surface area is 129 Å². The lowest BCUT2D eigenvalue weighted by Crippen LogP contribution is -2.25. The van der Waals surface area contributed by atoms with Gasteiger partial charge in [0.05, 0.1) is 24.7 Å². The summed E-state index contributed by atoms with van der Waals surface area (Å²) in [5, 5.41) is 5.90. The van der Waals surface area contributed by atoms with E-state index in [2.05, 4.69) is 20.6 Å². The van der Waals surface area contributed by atoms with Crippen LogP contribution in [0.1, 0.15) is 30.8 Å². The summed E-state index contributed by atoms with van der Waals surface area (Å²) < 4.78 is 5.54. The van der Waals surface area contributed by atoms with E-state index in [9.17, 15) is 4.79 Å². The molecule has 2 rings (SSSR count). The highest BCUT2D eigenvalue weighted by molar-refractivity contribution is 5.92. The van der Waals surface area contributed by atoms with Crippen LogP contribution in [0.4, 0.5) is 11.5 Å². The molecule has 116 valence electrons. The standard InChI is InChI=1S/C16H20N4O2/c1-3-9-17-16(21)13-10-19-15(11-18-13)20-12-7-5-6-8-14(12)22-4-2/h5-8,10-11H,3-4,9H2,1-2H3,(H,17,21)(H,19,20). The van der Waals surface area contributed by atoms with E-state index >= 15 is 0 Å². The van der Waals surface area contributed by atoms with Gasteiger partial charge in [0.1, 0.15) is 17.3 Å². The van der Waals surface area contributed by atoms with Crippen LogP contribution in [0.15, 0.2) is 36.7 Å². The van der Waals surface area contributed by atoms with Gasteiger partial charge in [0.25, 0.3) is 5.91 Å². The van der Waals surface area contributed by atoms with Crippen molar-refractivity contribution in [3.63, 3.8) is 0 Å². The maximum Gasteiger partial charge on any atom is 0.271 e. The first-order valence-electron chi connectivity index (χ1n) is 7.33. The summed E-state index contributed by atoms with van der Waals surface area (Å²) >= 11 is 0. The Kier molecular flexibility index (Phi) is 5.71. The summed E-state index contributed by atoms with van der Waals surface area (Å²) in [6, 6.07) is 7.59. The summed E-state index contributed by atoms with van der Waals surface area (Å²) in [4.78, 5) is 20.1. The molecule has 0 unspecified atom stereocenters. The molecule has 2 N–H and O–H groups in total. The third kappa shape index (κ3) is 4.18. The Morgan fingerprint density at radius 3 is 2.68 bits per heavy atom. The molecule has 22 heavy (non-hydrogen) atoms. The van der Waals surface area contributed by atoms with Gasteiger partial charge in [-0.15, -0.1) is 0 Å². The van der Waals surface area contributed by atoms with Gasteiger partial charge in [-0.1, -0.05) is 19.1 Å². The summed E-state index contributed by atoms with van der Waals surface area (Å²) in [6.45, 7) is 5.14. The second-order valence-electron chi connectivity index (χ2n) is 4.60. The lowest BCUT2D eigenvalue weighted by molar-refractivity contribution is 0.0948.